The Morgan fingerprint density at radius 2 is 2.28 bits per heavy atom. The molecule has 0 aromatic heterocycles. The van der Waals surface area contributed by atoms with Gasteiger partial charge in [-0.3, -0.25) is 4.79 Å². The van der Waals surface area contributed by atoms with Crippen LogP contribution in [-0.4, -0.2) is 50.7 Å². The normalized spacial score (nSPS) is 34.2. The zero-order valence-corrected chi connectivity index (χ0v) is 11.7. The number of nitrogens with one attached hydrogen (secondary N) is 1. The molecule has 0 aliphatic carbocycles. The Morgan fingerprint density at radius 3 is 2.89 bits per heavy atom. The summed E-state index contributed by atoms with van der Waals surface area (Å²) in [5.41, 5.74) is 0. The number of carbonyl (C=O) groups is 1. The quantitative estimate of drug-likeness (QED) is 0.766. The van der Waals surface area contributed by atoms with Gasteiger partial charge in [0.15, 0.2) is 0 Å². The molecule has 0 aromatic carbocycles. The molecule has 4 nitrogen and oxygen atoms in total. The molecule has 2 aliphatic heterocycles. The maximum absolute atomic E-state index is 11.6. The molecule has 0 saturated carbocycles. The van der Waals surface area contributed by atoms with Crippen molar-refractivity contribution in [2.24, 2.45) is 17.8 Å². The van der Waals surface area contributed by atoms with Crippen LogP contribution in [0.3, 0.4) is 0 Å². The molecule has 0 radical (unpaired) electrons. The summed E-state index contributed by atoms with van der Waals surface area (Å²) in [5, 5.41) is 3.47. The third-order valence-electron chi connectivity index (χ3n) is 4.41. The van der Waals surface area contributed by atoms with E-state index in [1.807, 2.05) is 0 Å². The van der Waals surface area contributed by atoms with Crippen molar-refractivity contribution in [2.75, 3.05) is 39.8 Å². The van der Waals surface area contributed by atoms with Gasteiger partial charge >= 0.3 is 5.97 Å². The molecule has 0 amide bonds. The third-order valence-corrected chi connectivity index (χ3v) is 4.41. The molecule has 0 bridgehead atoms. The van der Waals surface area contributed by atoms with Crippen molar-refractivity contribution in [1.82, 2.24) is 10.2 Å². The predicted octanol–water partition coefficient (Wildman–Crippen LogP) is 1.12. The highest BCUT2D eigenvalue weighted by molar-refractivity contribution is 5.72. The SMILES string of the molecule is COC(=O)C1CCN(CC2CCCNC2)CC1C. The van der Waals surface area contributed by atoms with Crippen LogP contribution in [0.15, 0.2) is 0 Å². The minimum Gasteiger partial charge on any atom is -0.469 e. The van der Waals surface area contributed by atoms with E-state index in [1.54, 1.807) is 0 Å². The maximum atomic E-state index is 11.6. The molecule has 2 rings (SSSR count). The fourth-order valence-corrected chi connectivity index (χ4v) is 3.34. The summed E-state index contributed by atoms with van der Waals surface area (Å²) in [6, 6.07) is 0. The second-order valence-corrected chi connectivity index (χ2v) is 5.87. The Hall–Kier alpha value is -0.610. The lowest BCUT2D eigenvalue weighted by Crippen LogP contribution is -2.46. The number of ether oxygens (including phenoxy) is 1. The lowest BCUT2D eigenvalue weighted by molar-refractivity contribution is -0.149. The minimum absolute atomic E-state index is 0.0264. The molecule has 0 spiro atoms. The van der Waals surface area contributed by atoms with Crippen LogP contribution in [-0.2, 0) is 9.53 Å². The Balaban J connectivity index is 1.78. The number of methoxy groups -OCH3 is 1. The van der Waals surface area contributed by atoms with Crippen molar-refractivity contribution >= 4 is 5.97 Å². The van der Waals surface area contributed by atoms with Crippen molar-refractivity contribution in [2.45, 2.75) is 26.2 Å². The van der Waals surface area contributed by atoms with Gasteiger partial charge in [0.25, 0.3) is 0 Å². The molecule has 2 heterocycles. The molecule has 0 aromatic rings. The average Bonchev–Trinajstić information content (AvgIpc) is 2.39. The van der Waals surface area contributed by atoms with Crippen molar-refractivity contribution in [3.63, 3.8) is 0 Å². The third kappa shape index (κ3) is 3.45. The molecule has 2 fully saturated rings. The molecule has 3 atom stereocenters. The van der Waals surface area contributed by atoms with E-state index < -0.39 is 0 Å². The number of nitrogens with zero attached hydrogens (tertiary/aromatic N) is 1. The fraction of sp³-hybridized carbons (Fsp3) is 0.929. The van der Waals surface area contributed by atoms with Crippen LogP contribution in [0.1, 0.15) is 26.2 Å². The molecule has 4 heteroatoms. The van der Waals surface area contributed by atoms with E-state index in [4.69, 9.17) is 4.74 Å². The molecular weight excluding hydrogens is 228 g/mol. The summed E-state index contributed by atoms with van der Waals surface area (Å²) in [5.74, 6) is 1.29. The highest BCUT2D eigenvalue weighted by Crippen LogP contribution is 2.25. The molecule has 104 valence electrons. The van der Waals surface area contributed by atoms with Crippen LogP contribution in [0.4, 0.5) is 0 Å². The van der Waals surface area contributed by atoms with Crippen LogP contribution >= 0.6 is 0 Å². The Kier molecular flexibility index (Phi) is 5.01. The number of carbonyl (C=O) groups excluding carboxylic acids is 1. The van der Waals surface area contributed by atoms with Crippen molar-refractivity contribution < 1.29 is 9.53 Å². The number of rotatable bonds is 3. The second kappa shape index (κ2) is 6.53. The summed E-state index contributed by atoms with van der Waals surface area (Å²) in [6.45, 7) is 7.78. The summed E-state index contributed by atoms with van der Waals surface area (Å²) in [7, 11) is 1.50. The second-order valence-electron chi connectivity index (χ2n) is 5.87. The molecule has 18 heavy (non-hydrogen) atoms. The number of likely N-dealkylation sites (tertiary alicyclic amines) is 1. The van der Waals surface area contributed by atoms with Gasteiger partial charge in [-0.2, -0.15) is 0 Å². The van der Waals surface area contributed by atoms with Gasteiger partial charge in [0.05, 0.1) is 13.0 Å². The summed E-state index contributed by atoms with van der Waals surface area (Å²) < 4.78 is 4.88. The van der Waals surface area contributed by atoms with E-state index in [0.29, 0.717) is 5.92 Å². The first-order valence-electron chi connectivity index (χ1n) is 7.21. The van der Waals surface area contributed by atoms with E-state index in [-0.39, 0.29) is 11.9 Å². The van der Waals surface area contributed by atoms with Crippen molar-refractivity contribution in [3.8, 4) is 0 Å². The Morgan fingerprint density at radius 1 is 1.44 bits per heavy atom. The summed E-state index contributed by atoms with van der Waals surface area (Å²) in [6.07, 6.45) is 3.60. The monoisotopic (exact) mass is 254 g/mol. The van der Waals surface area contributed by atoms with Gasteiger partial charge in [-0.25, -0.2) is 0 Å². The van der Waals surface area contributed by atoms with E-state index in [1.165, 1.54) is 33.0 Å². The van der Waals surface area contributed by atoms with Crippen LogP contribution in [0.5, 0.6) is 0 Å². The topological polar surface area (TPSA) is 41.6 Å². The van der Waals surface area contributed by atoms with Crippen LogP contribution in [0.25, 0.3) is 0 Å². The lowest BCUT2D eigenvalue weighted by atomic mass is 9.86. The standard InChI is InChI=1S/C14H26N2O2/c1-11-9-16(7-5-13(11)14(17)18-2)10-12-4-3-6-15-8-12/h11-13,15H,3-10H2,1-2H3. The van der Waals surface area contributed by atoms with Crippen LogP contribution < -0.4 is 5.32 Å². The zero-order valence-electron chi connectivity index (χ0n) is 11.7. The van der Waals surface area contributed by atoms with E-state index in [0.717, 1.165) is 32.0 Å². The van der Waals surface area contributed by atoms with Gasteiger partial charge in [-0.1, -0.05) is 6.92 Å². The number of esters is 1. The van der Waals surface area contributed by atoms with Gasteiger partial charge in [0.2, 0.25) is 0 Å². The number of hydrogen-bond acceptors (Lipinski definition) is 4. The van der Waals surface area contributed by atoms with Gasteiger partial charge < -0.3 is 15.0 Å². The summed E-state index contributed by atoms with van der Waals surface area (Å²) >= 11 is 0. The zero-order chi connectivity index (χ0) is 13.0. The van der Waals surface area contributed by atoms with Gasteiger partial charge in [0, 0.05) is 13.1 Å². The van der Waals surface area contributed by atoms with E-state index in [2.05, 4.69) is 17.1 Å². The van der Waals surface area contributed by atoms with Crippen LogP contribution in [0, 0.1) is 17.8 Å². The smallest absolute Gasteiger partial charge is 0.309 e. The van der Waals surface area contributed by atoms with E-state index >= 15 is 0 Å². The van der Waals surface area contributed by atoms with Crippen molar-refractivity contribution in [1.29, 1.82) is 0 Å². The molecule has 1 N–H and O–H groups in total. The summed E-state index contributed by atoms with van der Waals surface area (Å²) in [4.78, 5) is 14.2. The van der Waals surface area contributed by atoms with Gasteiger partial charge in [0.1, 0.15) is 0 Å². The molecule has 3 unspecified atom stereocenters. The maximum Gasteiger partial charge on any atom is 0.309 e. The highest BCUT2D eigenvalue weighted by atomic mass is 16.5. The molecule has 2 saturated heterocycles. The van der Waals surface area contributed by atoms with Gasteiger partial charge in [-0.15, -0.1) is 0 Å². The molecular formula is C14H26N2O2. The first-order chi connectivity index (χ1) is 8.70. The Bertz CT molecular complexity index is 277. The average molecular weight is 254 g/mol. The number of hydrogen-bond donors (Lipinski definition) is 1. The molecule has 2 aliphatic rings. The fourth-order valence-electron chi connectivity index (χ4n) is 3.34. The highest BCUT2D eigenvalue weighted by Gasteiger charge is 2.32. The van der Waals surface area contributed by atoms with Crippen LogP contribution in [0.2, 0.25) is 0 Å². The largest absolute Gasteiger partial charge is 0.469 e. The van der Waals surface area contributed by atoms with Crippen molar-refractivity contribution in [3.05, 3.63) is 0 Å². The Labute approximate surface area is 110 Å². The predicted molar refractivity (Wildman–Crippen MR) is 71.3 cm³/mol. The first-order valence-corrected chi connectivity index (χ1v) is 7.21. The number of piperidine rings is 2. The van der Waals surface area contributed by atoms with E-state index in [9.17, 15) is 4.79 Å². The first kappa shape index (κ1) is 13.8. The lowest BCUT2D eigenvalue weighted by Gasteiger charge is -2.38. The minimum atomic E-state index is -0.0264. The van der Waals surface area contributed by atoms with Gasteiger partial charge in [-0.05, 0) is 50.7 Å².